The average molecular weight is 631 g/mol. The van der Waals surface area contributed by atoms with Crippen LogP contribution in [-0.4, -0.2) is 23.6 Å². The van der Waals surface area contributed by atoms with Crippen molar-refractivity contribution in [2.45, 2.75) is 64.6 Å². The number of carbonyl (C=O) groups is 3. The molecule has 1 fully saturated rings. The van der Waals surface area contributed by atoms with Crippen LogP contribution in [0.1, 0.15) is 64.7 Å². The number of nitrogens with one attached hydrogen (secondary N) is 2. The molecule has 2 amide bonds. The van der Waals surface area contributed by atoms with Gasteiger partial charge in [0.2, 0.25) is 0 Å². The van der Waals surface area contributed by atoms with Gasteiger partial charge in [-0.25, -0.2) is 9.59 Å². The molecule has 2 N–H and O–H groups in total. The topological polar surface area (TPSA) is 93.7 Å². The molecule has 5 rings (SSSR count). The molecule has 1 saturated carbocycles. The quantitative estimate of drug-likeness (QED) is 0.202. The van der Waals surface area contributed by atoms with Gasteiger partial charge in [0, 0.05) is 5.56 Å². The number of halogens is 1. The molecule has 0 spiro atoms. The molecular weight excluding hydrogens is 596 g/mol. The second-order valence-electron chi connectivity index (χ2n) is 12.0. The van der Waals surface area contributed by atoms with E-state index in [2.05, 4.69) is 10.6 Å². The van der Waals surface area contributed by atoms with Gasteiger partial charge >= 0.3 is 12.2 Å². The van der Waals surface area contributed by atoms with E-state index in [1.165, 1.54) is 11.3 Å². The molecule has 0 aliphatic heterocycles. The van der Waals surface area contributed by atoms with Crippen LogP contribution in [-0.2, 0) is 19.7 Å². The molecule has 1 aromatic heterocycles. The van der Waals surface area contributed by atoms with E-state index in [9.17, 15) is 14.4 Å². The number of amides is 2. The maximum absolute atomic E-state index is 12.9. The SMILES string of the molecule is CC(=O)C1(c2ccc(-c3ccc(-c4sc(Cl)cc4NC(=O)O[C@H](C)c4ccccc4)cc3NC(=O)OC(C)(C)C)cc2)CC1. The van der Waals surface area contributed by atoms with Crippen molar-refractivity contribution in [1.29, 1.82) is 0 Å². The zero-order chi connectivity index (χ0) is 31.6. The van der Waals surface area contributed by atoms with Gasteiger partial charge in [-0.3, -0.25) is 15.4 Å². The van der Waals surface area contributed by atoms with E-state index in [-0.39, 0.29) is 11.2 Å². The zero-order valence-corrected chi connectivity index (χ0v) is 26.9. The van der Waals surface area contributed by atoms with E-state index in [0.29, 0.717) is 20.6 Å². The number of carbonyl (C=O) groups excluding carboxylic acids is 3. The number of Topliss-reactive ketones (excluding diaryl/α,β-unsaturated/α-hetero) is 1. The lowest BCUT2D eigenvalue weighted by Gasteiger charge is -2.21. The summed E-state index contributed by atoms with van der Waals surface area (Å²) in [5.74, 6) is 0.180. The fourth-order valence-corrected chi connectivity index (χ4v) is 6.33. The Labute approximate surface area is 266 Å². The smallest absolute Gasteiger partial charge is 0.412 e. The van der Waals surface area contributed by atoms with Crippen molar-refractivity contribution in [3.8, 4) is 21.6 Å². The molecule has 0 radical (unpaired) electrons. The summed E-state index contributed by atoms with van der Waals surface area (Å²) in [5.41, 5.74) is 4.20. The van der Waals surface area contributed by atoms with Gasteiger partial charge in [-0.05, 0) is 81.8 Å². The van der Waals surface area contributed by atoms with Crippen LogP contribution in [0.4, 0.5) is 21.0 Å². The second kappa shape index (κ2) is 12.5. The minimum atomic E-state index is -0.690. The minimum absolute atomic E-state index is 0.180. The lowest BCUT2D eigenvalue weighted by Crippen LogP contribution is -2.27. The van der Waals surface area contributed by atoms with E-state index in [4.69, 9.17) is 21.1 Å². The van der Waals surface area contributed by atoms with Crippen molar-refractivity contribution in [1.82, 2.24) is 0 Å². The van der Waals surface area contributed by atoms with Crippen LogP contribution in [0.3, 0.4) is 0 Å². The molecule has 228 valence electrons. The van der Waals surface area contributed by atoms with Crippen LogP contribution in [0.15, 0.2) is 78.9 Å². The lowest BCUT2D eigenvalue weighted by molar-refractivity contribution is -0.119. The summed E-state index contributed by atoms with van der Waals surface area (Å²) in [6.07, 6.45) is 0.0665. The van der Waals surface area contributed by atoms with Crippen molar-refractivity contribution in [2.75, 3.05) is 10.6 Å². The molecule has 1 heterocycles. The fraction of sp³-hybridized carbons (Fsp3) is 0.286. The van der Waals surface area contributed by atoms with E-state index in [1.54, 1.807) is 40.7 Å². The summed E-state index contributed by atoms with van der Waals surface area (Å²) in [4.78, 5) is 38.7. The molecule has 0 unspecified atom stereocenters. The molecule has 9 heteroatoms. The van der Waals surface area contributed by atoms with Crippen LogP contribution in [0.5, 0.6) is 0 Å². The van der Waals surface area contributed by atoms with Gasteiger partial charge in [-0.1, -0.05) is 78.3 Å². The zero-order valence-electron chi connectivity index (χ0n) is 25.3. The number of hydrogen-bond acceptors (Lipinski definition) is 6. The molecular formula is C35H35ClN2O5S. The highest BCUT2D eigenvalue weighted by Crippen LogP contribution is 2.49. The Balaban J connectivity index is 1.45. The van der Waals surface area contributed by atoms with Crippen molar-refractivity contribution in [3.63, 3.8) is 0 Å². The normalized spacial score (nSPS) is 14.3. The summed E-state index contributed by atoms with van der Waals surface area (Å²) >= 11 is 7.71. The molecule has 7 nitrogen and oxygen atoms in total. The number of thiophene rings is 1. The van der Waals surface area contributed by atoms with E-state index >= 15 is 0 Å². The summed E-state index contributed by atoms with van der Waals surface area (Å²) in [5, 5.41) is 5.74. The largest absolute Gasteiger partial charge is 0.444 e. The molecule has 1 aliphatic rings. The maximum atomic E-state index is 12.9. The first kappa shape index (κ1) is 31.3. The van der Waals surface area contributed by atoms with Gasteiger partial charge in [-0.15, -0.1) is 11.3 Å². The Bertz CT molecular complexity index is 1690. The van der Waals surface area contributed by atoms with E-state index < -0.39 is 23.9 Å². The summed E-state index contributed by atoms with van der Waals surface area (Å²) in [6, 6.07) is 24.7. The number of ether oxygens (including phenoxy) is 2. The Morgan fingerprint density at radius 2 is 1.50 bits per heavy atom. The summed E-state index contributed by atoms with van der Waals surface area (Å²) < 4.78 is 11.6. The van der Waals surface area contributed by atoms with Gasteiger partial charge in [-0.2, -0.15) is 0 Å². The number of hydrogen-bond donors (Lipinski definition) is 2. The highest BCUT2D eigenvalue weighted by atomic mass is 35.5. The summed E-state index contributed by atoms with van der Waals surface area (Å²) in [6.45, 7) is 8.85. The first-order valence-corrected chi connectivity index (χ1v) is 15.6. The van der Waals surface area contributed by atoms with Gasteiger partial charge in [0.25, 0.3) is 0 Å². The van der Waals surface area contributed by atoms with Crippen LogP contribution in [0.25, 0.3) is 21.6 Å². The van der Waals surface area contributed by atoms with E-state index in [0.717, 1.165) is 40.7 Å². The van der Waals surface area contributed by atoms with Crippen molar-refractivity contribution >= 4 is 52.3 Å². The van der Waals surface area contributed by atoms with Gasteiger partial charge in [0.15, 0.2) is 0 Å². The third-order valence-corrected chi connectivity index (χ3v) is 8.89. The second-order valence-corrected chi connectivity index (χ2v) is 13.7. The van der Waals surface area contributed by atoms with Crippen molar-refractivity contribution in [2.24, 2.45) is 0 Å². The van der Waals surface area contributed by atoms with Crippen LogP contribution < -0.4 is 10.6 Å². The Kier molecular flexibility index (Phi) is 8.86. The third kappa shape index (κ3) is 7.14. The van der Waals surface area contributed by atoms with Crippen molar-refractivity contribution in [3.05, 3.63) is 94.3 Å². The predicted molar refractivity (Wildman–Crippen MR) is 177 cm³/mol. The molecule has 1 aliphatic carbocycles. The number of anilines is 2. The first-order chi connectivity index (χ1) is 20.8. The Morgan fingerprint density at radius 1 is 0.864 bits per heavy atom. The van der Waals surface area contributed by atoms with Gasteiger partial charge in [0.05, 0.1) is 26.0 Å². The molecule has 0 bridgehead atoms. The highest BCUT2D eigenvalue weighted by Gasteiger charge is 2.48. The predicted octanol–water partition coefficient (Wildman–Crippen LogP) is 10.0. The molecule has 3 aromatic carbocycles. The van der Waals surface area contributed by atoms with Crippen molar-refractivity contribution < 1.29 is 23.9 Å². The third-order valence-electron chi connectivity index (χ3n) is 7.58. The highest BCUT2D eigenvalue weighted by molar-refractivity contribution is 7.20. The van der Waals surface area contributed by atoms with E-state index in [1.807, 2.05) is 72.8 Å². The van der Waals surface area contributed by atoms with Gasteiger partial charge < -0.3 is 9.47 Å². The van der Waals surface area contributed by atoms with Crippen LogP contribution in [0.2, 0.25) is 4.34 Å². The van der Waals surface area contributed by atoms with Gasteiger partial charge in [0.1, 0.15) is 17.5 Å². The standard InChI is InChI=1S/C35H35ClN2O5S/c1-21(23-9-7-6-8-10-23)42-32(40)38-29-20-30(36)44-31(29)25-13-16-27(28(19-25)37-33(41)43-34(3,4)5)24-11-14-26(15-12-24)35(17-18-35)22(2)39/h6-16,19-21H,17-18H2,1-5H3,(H,37,41)(H,38,40)/t21-/m1/s1. The Morgan fingerprint density at radius 3 is 2.11 bits per heavy atom. The molecule has 44 heavy (non-hydrogen) atoms. The first-order valence-electron chi connectivity index (χ1n) is 14.4. The minimum Gasteiger partial charge on any atom is -0.444 e. The molecule has 4 aromatic rings. The van der Waals surface area contributed by atoms with Crippen LogP contribution >= 0.6 is 22.9 Å². The molecule has 1 atom stereocenters. The number of benzene rings is 3. The average Bonchev–Trinajstić information content (AvgIpc) is 3.70. The Hall–Kier alpha value is -4.14. The maximum Gasteiger partial charge on any atom is 0.412 e. The number of rotatable bonds is 8. The number of ketones is 1. The van der Waals surface area contributed by atoms with Crippen LogP contribution in [0, 0.1) is 0 Å². The fourth-order valence-electron chi connectivity index (χ4n) is 5.15. The summed E-state index contributed by atoms with van der Waals surface area (Å²) in [7, 11) is 0. The lowest BCUT2D eigenvalue weighted by atomic mass is 9.90. The molecule has 0 saturated heterocycles. The monoisotopic (exact) mass is 630 g/mol.